The lowest BCUT2D eigenvalue weighted by molar-refractivity contribution is -0.0326. The maximum atomic E-state index is 14.0. The molecule has 1 aliphatic rings. The van der Waals surface area contributed by atoms with E-state index in [1.54, 1.807) is 18.2 Å². The van der Waals surface area contributed by atoms with Crippen LogP contribution in [-0.2, 0) is 11.3 Å². The van der Waals surface area contributed by atoms with Crippen LogP contribution in [0.25, 0.3) is 0 Å². The number of rotatable bonds is 5. The van der Waals surface area contributed by atoms with Gasteiger partial charge in [0.15, 0.2) is 0 Å². The largest absolute Gasteiger partial charge is 0.467 e. The molecule has 23 heavy (non-hydrogen) atoms. The van der Waals surface area contributed by atoms with Crippen molar-refractivity contribution in [3.63, 3.8) is 0 Å². The Balaban J connectivity index is 1.70. The van der Waals surface area contributed by atoms with Crippen molar-refractivity contribution >= 4 is 11.6 Å². The zero-order valence-corrected chi connectivity index (χ0v) is 13.4. The number of furan rings is 1. The van der Waals surface area contributed by atoms with E-state index in [2.05, 4.69) is 4.90 Å². The van der Waals surface area contributed by atoms with Gasteiger partial charge in [-0.15, -0.1) is 0 Å². The monoisotopic (exact) mass is 339 g/mol. The predicted octanol–water partition coefficient (Wildman–Crippen LogP) is 3.40. The molecule has 0 saturated carbocycles. The molecule has 0 radical (unpaired) electrons. The summed E-state index contributed by atoms with van der Waals surface area (Å²) in [6, 6.07) is 8.04. The van der Waals surface area contributed by atoms with Crippen LogP contribution in [0.4, 0.5) is 4.39 Å². The maximum absolute atomic E-state index is 14.0. The molecule has 1 aliphatic heterocycles. The fourth-order valence-electron chi connectivity index (χ4n) is 2.85. The second-order valence-corrected chi connectivity index (χ2v) is 6.14. The Morgan fingerprint density at radius 2 is 2.26 bits per heavy atom. The summed E-state index contributed by atoms with van der Waals surface area (Å²) in [5.41, 5.74) is 0.553. The van der Waals surface area contributed by atoms with Crippen LogP contribution in [0.5, 0.6) is 0 Å². The second kappa shape index (κ2) is 7.45. The molecule has 4 nitrogen and oxygen atoms in total. The van der Waals surface area contributed by atoms with Crippen molar-refractivity contribution in [2.45, 2.75) is 25.1 Å². The molecule has 2 heterocycles. The molecule has 1 saturated heterocycles. The Morgan fingerprint density at radius 3 is 3.04 bits per heavy atom. The van der Waals surface area contributed by atoms with Crippen molar-refractivity contribution in [2.24, 2.45) is 0 Å². The second-order valence-electron chi connectivity index (χ2n) is 5.70. The molecule has 124 valence electrons. The van der Waals surface area contributed by atoms with Gasteiger partial charge in [0.1, 0.15) is 17.7 Å². The zero-order chi connectivity index (χ0) is 16.2. The Bertz CT molecular complexity index is 635. The van der Waals surface area contributed by atoms with E-state index in [1.165, 1.54) is 18.4 Å². The number of nitrogens with zero attached hydrogens (tertiary/aromatic N) is 1. The first-order chi connectivity index (χ1) is 11.1. The van der Waals surface area contributed by atoms with Crippen LogP contribution in [0, 0.1) is 5.82 Å². The van der Waals surface area contributed by atoms with E-state index in [9.17, 15) is 9.50 Å². The van der Waals surface area contributed by atoms with Crippen LogP contribution in [0.2, 0.25) is 5.02 Å². The summed E-state index contributed by atoms with van der Waals surface area (Å²) in [5, 5.41) is 10.8. The molecule has 2 unspecified atom stereocenters. The lowest BCUT2D eigenvalue weighted by atomic mass is 10.0. The highest BCUT2D eigenvalue weighted by Gasteiger charge is 2.27. The average molecular weight is 340 g/mol. The first kappa shape index (κ1) is 16.5. The van der Waals surface area contributed by atoms with Crippen molar-refractivity contribution in [1.29, 1.82) is 0 Å². The topological polar surface area (TPSA) is 45.8 Å². The molecule has 0 amide bonds. The molecule has 1 aromatic heterocycles. The lowest BCUT2D eigenvalue weighted by Gasteiger charge is -2.36. The average Bonchev–Trinajstić information content (AvgIpc) is 3.07. The molecule has 3 rings (SSSR count). The minimum Gasteiger partial charge on any atom is -0.467 e. The molecule has 1 aromatic carbocycles. The molecule has 0 bridgehead atoms. The van der Waals surface area contributed by atoms with Crippen molar-refractivity contribution < 1.29 is 18.7 Å². The van der Waals surface area contributed by atoms with E-state index in [0.717, 1.165) is 0 Å². The zero-order valence-electron chi connectivity index (χ0n) is 12.6. The fraction of sp³-hybridized carbons (Fsp3) is 0.412. The first-order valence-corrected chi connectivity index (χ1v) is 7.98. The SMILES string of the molecule is OC(CC1COCCN1Cc1cc(Cl)ccc1F)c1ccco1. The third kappa shape index (κ3) is 4.12. The number of hydrogen-bond donors (Lipinski definition) is 1. The number of morpholine rings is 1. The maximum Gasteiger partial charge on any atom is 0.132 e. The van der Waals surface area contributed by atoms with Crippen molar-refractivity contribution in [3.8, 4) is 0 Å². The molecule has 2 atom stereocenters. The number of aliphatic hydroxyl groups excluding tert-OH is 1. The van der Waals surface area contributed by atoms with Crippen LogP contribution >= 0.6 is 11.6 Å². The molecule has 1 N–H and O–H groups in total. The highest BCUT2D eigenvalue weighted by molar-refractivity contribution is 6.30. The van der Waals surface area contributed by atoms with E-state index >= 15 is 0 Å². The number of halogens is 2. The summed E-state index contributed by atoms with van der Waals surface area (Å²) in [6.07, 6.45) is 1.30. The van der Waals surface area contributed by atoms with Gasteiger partial charge < -0.3 is 14.3 Å². The van der Waals surface area contributed by atoms with Gasteiger partial charge in [-0.1, -0.05) is 11.6 Å². The molecule has 0 spiro atoms. The van der Waals surface area contributed by atoms with Crippen LogP contribution in [0.3, 0.4) is 0 Å². The molecular formula is C17H19ClFNO3. The van der Waals surface area contributed by atoms with E-state index in [4.69, 9.17) is 20.8 Å². The van der Waals surface area contributed by atoms with Crippen LogP contribution in [0.1, 0.15) is 23.8 Å². The smallest absolute Gasteiger partial charge is 0.132 e. The Hall–Kier alpha value is -1.40. The summed E-state index contributed by atoms with van der Waals surface area (Å²) < 4.78 is 24.7. The van der Waals surface area contributed by atoms with Gasteiger partial charge in [0.2, 0.25) is 0 Å². The highest BCUT2D eigenvalue weighted by atomic mass is 35.5. The number of ether oxygens (including phenoxy) is 1. The first-order valence-electron chi connectivity index (χ1n) is 7.60. The highest BCUT2D eigenvalue weighted by Crippen LogP contribution is 2.25. The molecule has 1 fully saturated rings. The van der Waals surface area contributed by atoms with Gasteiger partial charge in [-0.2, -0.15) is 0 Å². The van der Waals surface area contributed by atoms with E-state index in [0.29, 0.717) is 49.1 Å². The van der Waals surface area contributed by atoms with Gasteiger partial charge in [0, 0.05) is 29.7 Å². The number of hydrogen-bond acceptors (Lipinski definition) is 4. The van der Waals surface area contributed by atoms with Crippen LogP contribution in [0.15, 0.2) is 41.0 Å². The van der Waals surface area contributed by atoms with Crippen molar-refractivity contribution in [3.05, 3.63) is 58.8 Å². The Morgan fingerprint density at radius 1 is 1.39 bits per heavy atom. The predicted molar refractivity (Wildman–Crippen MR) is 84.7 cm³/mol. The summed E-state index contributed by atoms with van der Waals surface area (Å²) in [5.74, 6) is 0.260. The summed E-state index contributed by atoms with van der Waals surface area (Å²) in [6.45, 7) is 2.21. The fourth-order valence-corrected chi connectivity index (χ4v) is 3.05. The Kier molecular flexibility index (Phi) is 5.33. The molecule has 6 heteroatoms. The van der Waals surface area contributed by atoms with Gasteiger partial charge in [-0.25, -0.2) is 4.39 Å². The van der Waals surface area contributed by atoms with Gasteiger partial charge in [-0.3, -0.25) is 4.90 Å². The third-order valence-electron chi connectivity index (χ3n) is 4.10. The Labute approximate surface area is 139 Å². The van der Waals surface area contributed by atoms with Crippen molar-refractivity contribution in [2.75, 3.05) is 19.8 Å². The summed E-state index contributed by atoms with van der Waals surface area (Å²) >= 11 is 5.96. The van der Waals surface area contributed by atoms with Crippen LogP contribution < -0.4 is 0 Å². The van der Waals surface area contributed by atoms with Gasteiger partial charge >= 0.3 is 0 Å². The molecule has 2 aromatic rings. The van der Waals surface area contributed by atoms with Gasteiger partial charge in [0.05, 0.1) is 19.5 Å². The number of aliphatic hydroxyl groups is 1. The van der Waals surface area contributed by atoms with Gasteiger partial charge in [0.25, 0.3) is 0 Å². The standard InChI is InChI=1S/C17H19ClFNO3/c18-13-3-4-15(19)12(8-13)10-20-5-7-22-11-14(20)9-16(21)17-2-1-6-23-17/h1-4,6,8,14,16,21H,5,7,9-11H2. The van der Waals surface area contributed by atoms with Crippen LogP contribution in [-0.4, -0.2) is 35.8 Å². The quantitative estimate of drug-likeness (QED) is 0.907. The molecule has 0 aliphatic carbocycles. The lowest BCUT2D eigenvalue weighted by Crippen LogP contribution is -2.45. The van der Waals surface area contributed by atoms with E-state index < -0.39 is 6.10 Å². The minimum atomic E-state index is -0.705. The third-order valence-corrected chi connectivity index (χ3v) is 4.33. The molecular weight excluding hydrogens is 321 g/mol. The van der Waals surface area contributed by atoms with E-state index in [1.807, 2.05) is 0 Å². The van der Waals surface area contributed by atoms with Crippen molar-refractivity contribution in [1.82, 2.24) is 4.90 Å². The normalized spacial score (nSPS) is 20.6. The number of benzene rings is 1. The summed E-state index contributed by atoms with van der Waals surface area (Å²) in [4.78, 5) is 2.12. The van der Waals surface area contributed by atoms with E-state index in [-0.39, 0.29) is 11.9 Å². The minimum absolute atomic E-state index is 0.0118. The summed E-state index contributed by atoms with van der Waals surface area (Å²) in [7, 11) is 0. The van der Waals surface area contributed by atoms with Gasteiger partial charge in [-0.05, 0) is 36.8 Å².